The van der Waals surface area contributed by atoms with Crippen molar-refractivity contribution in [2.45, 2.75) is 18.4 Å². The van der Waals surface area contributed by atoms with E-state index in [4.69, 9.17) is 9.47 Å². The molecule has 0 atom stereocenters. The lowest BCUT2D eigenvalue weighted by atomic mass is 9.94. The van der Waals surface area contributed by atoms with E-state index in [0.29, 0.717) is 58.9 Å². The highest BCUT2D eigenvalue weighted by Gasteiger charge is 2.33. The molecule has 2 aliphatic heterocycles. The van der Waals surface area contributed by atoms with Gasteiger partial charge in [0.15, 0.2) is 0 Å². The lowest BCUT2D eigenvalue weighted by Crippen LogP contribution is -2.52. The number of nitrogens with zero attached hydrogens (tertiary/aromatic N) is 2. The third kappa shape index (κ3) is 3.34. The van der Waals surface area contributed by atoms with Gasteiger partial charge in [-0.15, -0.1) is 0 Å². The van der Waals surface area contributed by atoms with Crippen molar-refractivity contribution < 1.29 is 19.4 Å². The van der Waals surface area contributed by atoms with Crippen LogP contribution in [0.4, 0.5) is 4.79 Å². The van der Waals surface area contributed by atoms with Gasteiger partial charge in [0.2, 0.25) is 0 Å². The highest BCUT2D eigenvalue weighted by atomic mass is 16.5. The second kappa shape index (κ2) is 5.86. The smallest absolute Gasteiger partial charge is 0.319 e. The predicted octanol–water partition coefficient (Wildman–Crippen LogP) is -0.0881. The molecule has 0 saturated carbocycles. The van der Waals surface area contributed by atoms with Crippen molar-refractivity contribution in [1.29, 1.82) is 0 Å². The first-order valence-electron chi connectivity index (χ1n) is 6.49. The molecule has 6 heteroatoms. The molecule has 0 bridgehead atoms. The van der Waals surface area contributed by atoms with Crippen LogP contribution in [0.25, 0.3) is 0 Å². The van der Waals surface area contributed by atoms with Gasteiger partial charge in [-0.3, -0.25) is 0 Å². The van der Waals surface area contributed by atoms with Crippen LogP contribution in [0, 0.1) is 0 Å². The van der Waals surface area contributed by atoms with Crippen LogP contribution in [0.3, 0.4) is 0 Å². The Morgan fingerprint density at radius 2 is 1.78 bits per heavy atom. The quantitative estimate of drug-likeness (QED) is 0.752. The summed E-state index contributed by atoms with van der Waals surface area (Å²) in [4.78, 5) is 15.5. The third-order valence-electron chi connectivity index (χ3n) is 3.56. The summed E-state index contributed by atoms with van der Waals surface area (Å²) in [5.74, 6) is 0. The van der Waals surface area contributed by atoms with Crippen molar-refractivity contribution in [2.24, 2.45) is 0 Å². The molecule has 2 rings (SSSR count). The zero-order valence-corrected chi connectivity index (χ0v) is 10.9. The molecule has 2 heterocycles. The Morgan fingerprint density at radius 1 is 1.22 bits per heavy atom. The van der Waals surface area contributed by atoms with Crippen molar-refractivity contribution in [2.75, 3.05) is 53.1 Å². The van der Waals surface area contributed by atoms with Crippen LogP contribution in [0.15, 0.2) is 0 Å². The van der Waals surface area contributed by atoms with Crippen LogP contribution in [-0.2, 0) is 9.47 Å². The van der Waals surface area contributed by atoms with Gasteiger partial charge in [-0.1, -0.05) is 0 Å². The van der Waals surface area contributed by atoms with Crippen molar-refractivity contribution >= 4 is 6.03 Å². The number of carbonyl (C=O) groups is 1. The third-order valence-corrected chi connectivity index (χ3v) is 3.56. The number of rotatable bonds is 2. The Morgan fingerprint density at radius 3 is 2.39 bits per heavy atom. The summed E-state index contributed by atoms with van der Waals surface area (Å²) in [5.41, 5.74) is -0.797. The van der Waals surface area contributed by atoms with Crippen LogP contribution in [0.5, 0.6) is 0 Å². The molecule has 0 aliphatic carbocycles. The molecule has 2 amide bonds. The molecule has 1 N–H and O–H groups in total. The van der Waals surface area contributed by atoms with Gasteiger partial charge in [0.1, 0.15) is 0 Å². The standard InChI is InChI=1S/C12H22N2O4/c1-13(10-12(16)2-6-17-7-3-12)11(15)14-4-8-18-9-5-14/h16H,2-10H2,1H3. The maximum absolute atomic E-state index is 12.2. The zero-order chi connectivity index (χ0) is 13.0. The Bertz CT molecular complexity index is 286. The summed E-state index contributed by atoms with van der Waals surface area (Å²) in [5, 5.41) is 10.4. The number of hydrogen-bond donors (Lipinski definition) is 1. The van der Waals surface area contributed by atoms with E-state index in [1.54, 1.807) is 16.8 Å². The number of urea groups is 1. The normalized spacial score (nSPS) is 23.8. The van der Waals surface area contributed by atoms with Crippen molar-refractivity contribution in [3.05, 3.63) is 0 Å². The molecule has 0 unspecified atom stereocenters. The summed E-state index contributed by atoms with van der Waals surface area (Å²) in [6, 6.07) is -0.0294. The summed E-state index contributed by atoms with van der Waals surface area (Å²) in [6.07, 6.45) is 1.18. The molecule has 2 saturated heterocycles. The van der Waals surface area contributed by atoms with Gasteiger partial charge in [-0.05, 0) is 0 Å². The number of likely N-dealkylation sites (N-methyl/N-ethyl adjacent to an activating group) is 1. The summed E-state index contributed by atoms with van der Waals surface area (Å²) >= 11 is 0. The average Bonchev–Trinajstić information content (AvgIpc) is 2.39. The zero-order valence-electron chi connectivity index (χ0n) is 10.9. The van der Waals surface area contributed by atoms with Crippen LogP contribution in [0.2, 0.25) is 0 Å². The Labute approximate surface area is 107 Å². The Kier molecular flexibility index (Phi) is 4.42. The fourth-order valence-corrected chi connectivity index (χ4v) is 2.41. The lowest BCUT2D eigenvalue weighted by molar-refractivity contribution is -0.0741. The minimum absolute atomic E-state index is 0.0294. The molecule has 0 radical (unpaired) electrons. The minimum atomic E-state index is -0.797. The number of ether oxygens (including phenoxy) is 2. The molecule has 18 heavy (non-hydrogen) atoms. The number of carbonyl (C=O) groups excluding carboxylic acids is 1. The van der Waals surface area contributed by atoms with E-state index in [2.05, 4.69) is 0 Å². The molecule has 2 fully saturated rings. The maximum Gasteiger partial charge on any atom is 0.319 e. The number of aliphatic hydroxyl groups is 1. The summed E-state index contributed by atoms with van der Waals surface area (Å²) in [7, 11) is 1.74. The first-order valence-corrected chi connectivity index (χ1v) is 6.49. The van der Waals surface area contributed by atoms with E-state index in [0.717, 1.165) is 0 Å². The predicted molar refractivity (Wildman–Crippen MR) is 65.4 cm³/mol. The first kappa shape index (κ1) is 13.6. The Hall–Kier alpha value is -0.850. The van der Waals surface area contributed by atoms with Gasteiger partial charge in [-0.25, -0.2) is 4.79 Å². The minimum Gasteiger partial charge on any atom is -0.388 e. The van der Waals surface area contributed by atoms with Gasteiger partial charge in [0.25, 0.3) is 0 Å². The number of amides is 2. The Balaban J connectivity index is 1.85. The van der Waals surface area contributed by atoms with Gasteiger partial charge in [0, 0.05) is 46.2 Å². The van der Waals surface area contributed by atoms with Crippen LogP contribution < -0.4 is 0 Å². The van der Waals surface area contributed by atoms with Gasteiger partial charge in [0.05, 0.1) is 25.4 Å². The lowest BCUT2D eigenvalue weighted by Gasteiger charge is -2.37. The largest absolute Gasteiger partial charge is 0.388 e. The van der Waals surface area contributed by atoms with E-state index in [1.165, 1.54) is 0 Å². The fourth-order valence-electron chi connectivity index (χ4n) is 2.41. The van der Waals surface area contributed by atoms with Crippen LogP contribution in [-0.4, -0.2) is 79.6 Å². The molecule has 0 aromatic rings. The maximum atomic E-state index is 12.2. The van der Waals surface area contributed by atoms with Crippen LogP contribution >= 0.6 is 0 Å². The molecule has 0 spiro atoms. The first-order chi connectivity index (χ1) is 8.61. The molecular weight excluding hydrogens is 236 g/mol. The molecule has 6 nitrogen and oxygen atoms in total. The monoisotopic (exact) mass is 258 g/mol. The van der Waals surface area contributed by atoms with E-state index < -0.39 is 5.60 Å². The highest BCUT2D eigenvalue weighted by Crippen LogP contribution is 2.21. The van der Waals surface area contributed by atoms with Crippen molar-refractivity contribution in [1.82, 2.24) is 9.80 Å². The molecule has 0 aromatic carbocycles. The van der Waals surface area contributed by atoms with Gasteiger partial charge in [-0.2, -0.15) is 0 Å². The summed E-state index contributed by atoms with van der Waals surface area (Å²) < 4.78 is 10.5. The summed E-state index contributed by atoms with van der Waals surface area (Å²) in [6.45, 7) is 3.95. The van der Waals surface area contributed by atoms with Crippen molar-refractivity contribution in [3.8, 4) is 0 Å². The molecule has 2 aliphatic rings. The van der Waals surface area contributed by atoms with E-state index in [1.807, 2.05) is 0 Å². The van der Waals surface area contributed by atoms with Gasteiger partial charge >= 0.3 is 6.03 Å². The molecule has 0 aromatic heterocycles. The van der Waals surface area contributed by atoms with Gasteiger partial charge < -0.3 is 24.4 Å². The number of hydrogen-bond acceptors (Lipinski definition) is 4. The van der Waals surface area contributed by atoms with E-state index in [-0.39, 0.29) is 6.03 Å². The second-order valence-electron chi connectivity index (χ2n) is 5.07. The highest BCUT2D eigenvalue weighted by molar-refractivity contribution is 5.74. The fraction of sp³-hybridized carbons (Fsp3) is 0.917. The molecule has 104 valence electrons. The van der Waals surface area contributed by atoms with E-state index in [9.17, 15) is 9.90 Å². The number of morpholine rings is 1. The topological polar surface area (TPSA) is 62.2 Å². The van der Waals surface area contributed by atoms with Crippen LogP contribution in [0.1, 0.15) is 12.8 Å². The average molecular weight is 258 g/mol. The van der Waals surface area contributed by atoms with Crippen molar-refractivity contribution in [3.63, 3.8) is 0 Å². The SMILES string of the molecule is CN(CC1(O)CCOCC1)C(=O)N1CCOCC1. The van der Waals surface area contributed by atoms with E-state index >= 15 is 0 Å². The molecular formula is C12H22N2O4. The second-order valence-corrected chi connectivity index (χ2v) is 5.07.